The van der Waals surface area contributed by atoms with Gasteiger partial charge in [0.2, 0.25) is 0 Å². The first-order chi connectivity index (χ1) is 23.9. The lowest BCUT2D eigenvalue weighted by atomic mass is 10.0. The van der Waals surface area contributed by atoms with Crippen LogP contribution in [0.1, 0.15) is 99.7 Å². The molecular formula is C39H45N7O3. The second-order valence-electron chi connectivity index (χ2n) is 13.7. The molecule has 0 atom stereocenters. The predicted molar refractivity (Wildman–Crippen MR) is 190 cm³/mol. The number of carbonyl (C=O) groups excluding carboxylic acids is 2. The summed E-state index contributed by atoms with van der Waals surface area (Å²) in [6, 6.07) is 13.8. The first kappa shape index (κ1) is 32.8. The van der Waals surface area contributed by atoms with Gasteiger partial charge in [-0.1, -0.05) is 31.2 Å². The summed E-state index contributed by atoms with van der Waals surface area (Å²) in [4.78, 5) is 36.1. The van der Waals surface area contributed by atoms with E-state index in [1.165, 1.54) is 24.0 Å². The summed E-state index contributed by atoms with van der Waals surface area (Å²) in [5.41, 5.74) is 6.81. The average molecular weight is 660 g/mol. The average Bonchev–Trinajstić information content (AvgIpc) is 3.88. The van der Waals surface area contributed by atoms with Gasteiger partial charge in [0.1, 0.15) is 17.1 Å². The molecule has 10 nitrogen and oxygen atoms in total. The summed E-state index contributed by atoms with van der Waals surface area (Å²) in [5, 5.41) is 10.7. The summed E-state index contributed by atoms with van der Waals surface area (Å²) in [6.07, 6.45) is 8.93. The maximum absolute atomic E-state index is 14.0. The van der Waals surface area contributed by atoms with E-state index in [9.17, 15) is 9.59 Å². The van der Waals surface area contributed by atoms with E-state index < -0.39 is 0 Å². The van der Waals surface area contributed by atoms with Gasteiger partial charge in [0.15, 0.2) is 5.65 Å². The van der Waals surface area contributed by atoms with Crippen LogP contribution in [-0.2, 0) is 6.54 Å². The largest absolute Gasteiger partial charge is 0.494 e. The van der Waals surface area contributed by atoms with Gasteiger partial charge in [0.25, 0.3) is 11.8 Å². The lowest BCUT2D eigenvalue weighted by molar-refractivity contribution is 0.0945. The van der Waals surface area contributed by atoms with E-state index in [-0.39, 0.29) is 11.8 Å². The molecule has 3 aliphatic rings. The quantitative estimate of drug-likeness (QED) is 0.277. The van der Waals surface area contributed by atoms with Crippen LogP contribution in [0.5, 0.6) is 5.75 Å². The normalized spacial score (nSPS) is 18.0. The highest BCUT2D eigenvalue weighted by atomic mass is 16.5. The molecular weight excluding hydrogens is 614 g/mol. The van der Waals surface area contributed by atoms with Crippen molar-refractivity contribution in [1.82, 2.24) is 29.7 Å². The molecule has 2 aliphatic heterocycles. The molecule has 4 bridgehead atoms. The topological polar surface area (TPSA) is 104 Å². The van der Waals surface area contributed by atoms with Crippen LogP contribution in [0.25, 0.3) is 5.65 Å². The Balaban J connectivity index is 1.19. The molecule has 1 aliphatic carbocycles. The van der Waals surface area contributed by atoms with Crippen LogP contribution in [0.2, 0.25) is 0 Å². The molecule has 2 amide bonds. The molecule has 0 unspecified atom stereocenters. The van der Waals surface area contributed by atoms with Gasteiger partial charge in [-0.3, -0.25) is 14.5 Å². The third-order valence-corrected chi connectivity index (χ3v) is 9.75. The van der Waals surface area contributed by atoms with Gasteiger partial charge in [-0.05, 0) is 105 Å². The van der Waals surface area contributed by atoms with Crippen molar-refractivity contribution in [2.24, 2.45) is 0 Å². The van der Waals surface area contributed by atoms with Crippen molar-refractivity contribution in [2.75, 3.05) is 51.7 Å². The van der Waals surface area contributed by atoms with Crippen molar-refractivity contribution in [3.63, 3.8) is 0 Å². The highest BCUT2D eigenvalue weighted by molar-refractivity contribution is 6.06. The number of rotatable bonds is 5. The fourth-order valence-electron chi connectivity index (χ4n) is 6.58. The number of nitrogens with one attached hydrogen (secondary N) is 2. The number of aromatic nitrogens is 3. The molecule has 1 saturated carbocycles. The first-order valence-electron chi connectivity index (χ1n) is 17.7. The molecule has 2 aromatic heterocycles. The van der Waals surface area contributed by atoms with E-state index in [2.05, 4.69) is 67.6 Å². The standard InChI is InChI=1S/C39H45N7O3/c1-27-30-10-11-33-25-41-37-13-12-36(43-46(33)37)39(48)40-14-6-4-3-5-7-19-49-34(23-30)24-35(27)38(47)42-32-21-28(20-31(22-32)29-8-9-29)26-45-17-15-44(2)16-18-45/h12-13,20-25,29H,3-9,14-19,26H2,1-2H3,(H,40,48)(H,42,47). The second kappa shape index (κ2) is 14.8. The van der Waals surface area contributed by atoms with Crippen LogP contribution in [0.4, 0.5) is 5.69 Å². The van der Waals surface area contributed by atoms with Crippen molar-refractivity contribution >= 4 is 23.1 Å². The van der Waals surface area contributed by atoms with E-state index in [0.29, 0.717) is 53.0 Å². The van der Waals surface area contributed by atoms with Gasteiger partial charge in [-0.25, -0.2) is 9.50 Å². The summed E-state index contributed by atoms with van der Waals surface area (Å²) in [6.45, 7) is 8.18. The minimum absolute atomic E-state index is 0.185. The van der Waals surface area contributed by atoms with Crippen molar-refractivity contribution in [2.45, 2.75) is 64.3 Å². The molecule has 254 valence electrons. The maximum atomic E-state index is 14.0. The monoisotopic (exact) mass is 659 g/mol. The molecule has 7 rings (SSSR count). The Labute approximate surface area is 288 Å². The van der Waals surface area contributed by atoms with Gasteiger partial charge < -0.3 is 20.3 Å². The Morgan fingerprint density at radius 2 is 1.82 bits per heavy atom. The number of nitrogens with zero attached hydrogens (tertiary/aromatic N) is 5. The van der Waals surface area contributed by atoms with Crippen molar-refractivity contribution in [1.29, 1.82) is 0 Å². The van der Waals surface area contributed by atoms with Gasteiger partial charge in [0.05, 0.1) is 12.8 Å². The summed E-state index contributed by atoms with van der Waals surface area (Å²) >= 11 is 0. The number of piperazine rings is 1. The number of likely N-dealkylation sites (N-methyl/N-ethyl adjacent to an activating group) is 1. The summed E-state index contributed by atoms with van der Waals surface area (Å²) in [5.74, 6) is 7.24. The van der Waals surface area contributed by atoms with Gasteiger partial charge in [0, 0.05) is 56.1 Å². The van der Waals surface area contributed by atoms with E-state index in [4.69, 9.17) is 4.74 Å². The van der Waals surface area contributed by atoms with Crippen LogP contribution >= 0.6 is 0 Å². The Morgan fingerprint density at radius 3 is 2.65 bits per heavy atom. The smallest absolute Gasteiger partial charge is 0.271 e. The number of anilines is 1. The fourth-order valence-corrected chi connectivity index (χ4v) is 6.58. The summed E-state index contributed by atoms with van der Waals surface area (Å²) < 4.78 is 7.82. The molecule has 49 heavy (non-hydrogen) atoms. The molecule has 1 saturated heterocycles. The zero-order valence-corrected chi connectivity index (χ0v) is 28.6. The lowest BCUT2D eigenvalue weighted by Crippen LogP contribution is -2.43. The van der Waals surface area contributed by atoms with Gasteiger partial charge >= 0.3 is 0 Å². The SMILES string of the molecule is Cc1c2cc(cc1C(=O)Nc1cc(CN3CCN(C)CC3)cc(C3CC3)c1)OCCCCCCCNC(=O)c1ccc3ncc(n3n1)C#C2. The number of fused-ring (bicyclic) bond motifs is 3. The number of ether oxygens (including phenoxy) is 1. The number of hydrogen-bond donors (Lipinski definition) is 2. The van der Waals surface area contributed by atoms with Crippen molar-refractivity contribution in [3.05, 3.63) is 87.9 Å². The molecule has 4 aromatic rings. The Kier molecular flexibility index (Phi) is 9.92. The molecule has 2 fully saturated rings. The summed E-state index contributed by atoms with van der Waals surface area (Å²) in [7, 11) is 2.17. The minimum atomic E-state index is -0.214. The number of amides is 2. The van der Waals surface area contributed by atoms with Gasteiger partial charge in [-0.15, -0.1) is 0 Å². The van der Waals surface area contributed by atoms with Crippen LogP contribution in [0, 0.1) is 18.8 Å². The second-order valence-corrected chi connectivity index (χ2v) is 13.7. The zero-order chi connectivity index (χ0) is 33.7. The van der Waals surface area contributed by atoms with Crippen LogP contribution < -0.4 is 15.4 Å². The maximum Gasteiger partial charge on any atom is 0.271 e. The number of imidazole rings is 1. The molecule has 10 heteroatoms. The Morgan fingerprint density at radius 1 is 1.00 bits per heavy atom. The van der Waals surface area contributed by atoms with Crippen LogP contribution in [-0.4, -0.2) is 82.6 Å². The van der Waals surface area contributed by atoms with Crippen LogP contribution in [0.15, 0.2) is 48.7 Å². The third kappa shape index (κ3) is 8.12. The van der Waals surface area contributed by atoms with Crippen molar-refractivity contribution < 1.29 is 14.3 Å². The Bertz CT molecular complexity index is 1910. The zero-order valence-electron chi connectivity index (χ0n) is 28.6. The van der Waals surface area contributed by atoms with E-state index in [1.54, 1.807) is 22.8 Å². The molecule has 4 heterocycles. The Hall–Kier alpha value is -4.72. The molecule has 2 aromatic carbocycles. The molecule has 2 N–H and O–H groups in total. The molecule has 0 radical (unpaired) electrons. The third-order valence-electron chi connectivity index (χ3n) is 9.75. The van der Waals surface area contributed by atoms with Gasteiger partial charge in [-0.2, -0.15) is 5.10 Å². The minimum Gasteiger partial charge on any atom is -0.494 e. The number of benzene rings is 2. The fraction of sp³-hybridized carbons (Fsp3) is 0.436. The number of hydrogen-bond acceptors (Lipinski definition) is 7. The first-order valence-corrected chi connectivity index (χ1v) is 17.7. The lowest BCUT2D eigenvalue weighted by Gasteiger charge is -2.32. The predicted octanol–water partition coefficient (Wildman–Crippen LogP) is 5.39. The van der Waals surface area contributed by atoms with E-state index in [1.807, 2.05) is 19.1 Å². The number of carbonyl (C=O) groups is 2. The highest BCUT2D eigenvalue weighted by Gasteiger charge is 2.25. The molecule has 0 spiro atoms. The van der Waals surface area contributed by atoms with Crippen LogP contribution in [0.3, 0.4) is 0 Å². The van der Waals surface area contributed by atoms with Crippen molar-refractivity contribution in [3.8, 4) is 17.6 Å². The van der Waals surface area contributed by atoms with E-state index >= 15 is 0 Å². The van der Waals surface area contributed by atoms with E-state index in [0.717, 1.165) is 76.1 Å². The highest BCUT2D eigenvalue weighted by Crippen LogP contribution is 2.41.